The van der Waals surface area contributed by atoms with Crippen molar-refractivity contribution in [1.82, 2.24) is 15.0 Å². The highest BCUT2D eigenvalue weighted by atomic mass is 32.2. The van der Waals surface area contributed by atoms with Crippen LogP contribution in [0, 0.1) is 5.82 Å². The summed E-state index contributed by atoms with van der Waals surface area (Å²) in [5, 5.41) is 3.19. The Hall–Kier alpha value is -3.64. The molecular formula is C26H21FN4S. The molecule has 0 aliphatic carbocycles. The van der Waals surface area contributed by atoms with Crippen LogP contribution in [0.4, 0.5) is 15.9 Å². The van der Waals surface area contributed by atoms with E-state index in [0.717, 1.165) is 39.2 Å². The third-order valence-corrected chi connectivity index (χ3v) is 6.07. The lowest BCUT2D eigenvalue weighted by atomic mass is 10.1. The van der Waals surface area contributed by atoms with Crippen molar-refractivity contribution in [2.45, 2.75) is 5.16 Å². The minimum absolute atomic E-state index is 0.261. The molecule has 158 valence electrons. The van der Waals surface area contributed by atoms with Crippen molar-refractivity contribution in [3.63, 3.8) is 0 Å². The number of pyridine rings is 1. The lowest BCUT2D eigenvalue weighted by molar-refractivity contribution is 0.628. The molecule has 5 rings (SSSR count). The van der Waals surface area contributed by atoms with E-state index >= 15 is 0 Å². The Morgan fingerprint density at radius 3 is 2.44 bits per heavy atom. The van der Waals surface area contributed by atoms with Crippen LogP contribution in [-0.2, 0) is 0 Å². The highest BCUT2D eigenvalue weighted by Gasteiger charge is 2.16. The number of fused-ring (bicyclic) bond motifs is 1. The first kappa shape index (κ1) is 20.3. The Balaban J connectivity index is 1.55. The Labute approximate surface area is 190 Å². The Morgan fingerprint density at radius 2 is 1.66 bits per heavy atom. The number of nitrogens with zero attached hydrogens (tertiary/aromatic N) is 3. The molecule has 0 fully saturated rings. The number of rotatable bonds is 5. The number of benzene rings is 3. The summed E-state index contributed by atoms with van der Waals surface area (Å²) >= 11 is 1.54. The van der Waals surface area contributed by atoms with Gasteiger partial charge in [0.1, 0.15) is 11.6 Å². The molecule has 2 heterocycles. The number of aromatic nitrogens is 3. The zero-order chi connectivity index (χ0) is 22.1. The van der Waals surface area contributed by atoms with Crippen LogP contribution >= 0.6 is 11.8 Å². The number of aromatic amines is 1. The fraction of sp³-hybridized carbons (Fsp3) is 0.0769. The Morgan fingerprint density at radius 1 is 0.875 bits per heavy atom. The summed E-state index contributed by atoms with van der Waals surface area (Å²) in [4.78, 5) is 14.8. The van der Waals surface area contributed by atoms with Gasteiger partial charge in [0.2, 0.25) is 0 Å². The zero-order valence-corrected chi connectivity index (χ0v) is 18.5. The third kappa shape index (κ3) is 3.85. The number of anilines is 2. The number of thioether (sulfide) groups is 1. The predicted octanol–water partition coefficient (Wildman–Crippen LogP) is 6.92. The molecule has 1 N–H and O–H groups in total. The van der Waals surface area contributed by atoms with Gasteiger partial charge >= 0.3 is 0 Å². The van der Waals surface area contributed by atoms with Crippen molar-refractivity contribution >= 4 is 34.0 Å². The molecule has 2 aromatic heterocycles. The lowest BCUT2D eigenvalue weighted by Crippen LogP contribution is -2.11. The van der Waals surface area contributed by atoms with Crippen LogP contribution in [0.3, 0.4) is 0 Å². The molecule has 0 amide bonds. The number of imidazole rings is 1. The van der Waals surface area contributed by atoms with Gasteiger partial charge in [0.25, 0.3) is 0 Å². The van der Waals surface area contributed by atoms with E-state index in [1.165, 1.54) is 34.7 Å². The summed E-state index contributed by atoms with van der Waals surface area (Å²) in [6, 6.07) is 25.1. The van der Waals surface area contributed by atoms with Crippen LogP contribution in [0.25, 0.3) is 33.3 Å². The molecule has 0 atom stereocenters. The fourth-order valence-electron chi connectivity index (χ4n) is 3.75. The van der Waals surface area contributed by atoms with Crippen LogP contribution in [0.1, 0.15) is 0 Å². The van der Waals surface area contributed by atoms with Crippen molar-refractivity contribution in [1.29, 1.82) is 0 Å². The van der Waals surface area contributed by atoms with E-state index in [0.29, 0.717) is 0 Å². The smallest absolute Gasteiger partial charge is 0.166 e. The first-order valence-corrected chi connectivity index (χ1v) is 11.4. The molecule has 0 saturated carbocycles. The van der Waals surface area contributed by atoms with Gasteiger partial charge < -0.3 is 9.88 Å². The summed E-state index contributed by atoms with van der Waals surface area (Å²) in [6.07, 6.45) is 3.77. The molecule has 0 aliphatic heterocycles. The second kappa shape index (κ2) is 8.48. The van der Waals surface area contributed by atoms with Crippen molar-refractivity contribution in [3.05, 3.63) is 90.9 Å². The van der Waals surface area contributed by atoms with Gasteiger partial charge in [-0.25, -0.2) is 14.4 Å². The van der Waals surface area contributed by atoms with Crippen LogP contribution in [-0.4, -0.2) is 28.3 Å². The minimum Gasteiger partial charge on any atom is -0.332 e. The fourth-order valence-corrected chi connectivity index (χ4v) is 4.14. The Bertz CT molecular complexity index is 1390. The third-order valence-electron chi connectivity index (χ3n) is 5.49. The molecule has 0 radical (unpaired) electrons. The van der Waals surface area contributed by atoms with Crippen LogP contribution in [0.15, 0.2) is 90.2 Å². The summed E-state index contributed by atoms with van der Waals surface area (Å²) in [5.41, 5.74) is 4.56. The van der Waals surface area contributed by atoms with Crippen molar-refractivity contribution in [2.75, 3.05) is 18.2 Å². The highest BCUT2D eigenvalue weighted by molar-refractivity contribution is 7.98. The first-order chi connectivity index (χ1) is 15.6. The number of hydrogen-bond acceptors (Lipinski definition) is 4. The topological polar surface area (TPSA) is 44.8 Å². The number of halogens is 1. The number of H-pyrrole nitrogens is 1. The number of hydrogen-bond donors (Lipinski definition) is 1. The van der Waals surface area contributed by atoms with Crippen molar-refractivity contribution in [2.24, 2.45) is 0 Å². The second-order valence-corrected chi connectivity index (χ2v) is 8.26. The van der Waals surface area contributed by atoms with Gasteiger partial charge in [0, 0.05) is 30.1 Å². The zero-order valence-electron chi connectivity index (χ0n) is 17.7. The van der Waals surface area contributed by atoms with Gasteiger partial charge in [0.05, 0.1) is 11.4 Å². The average Bonchev–Trinajstić information content (AvgIpc) is 3.28. The average molecular weight is 441 g/mol. The highest BCUT2D eigenvalue weighted by Crippen LogP contribution is 2.34. The van der Waals surface area contributed by atoms with Gasteiger partial charge in [-0.05, 0) is 65.6 Å². The van der Waals surface area contributed by atoms with E-state index in [1.54, 1.807) is 18.3 Å². The normalized spacial score (nSPS) is 11.1. The van der Waals surface area contributed by atoms with Gasteiger partial charge in [-0.3, -0.25) is 0 Å². The maximum Gasteiger partial charge on any atom is 0.166 e. The quantitative estimate of drug-likeness (QED) is 0.301. The van der Waals surface area contributed by atoms with Crippen LogP contribution in [0.2, 0.25) is 0 Å². The Kier molecular flexibility index (Phi) is 5.37. The molecule has 32 heavy (non-hydrogen) atoms. The second-order valence-electron chi connectivity index (χ2n) is 7.47. The van der Waals surface area contributed by atoms with Crippen molar-refractivity contribution in [3.8, 4) is 22.5 Å². The summed E-state index contributed by atoms with van der Waals surface area (Å²) in [7, 11) is 2.01. The van der Waals surface area contributed by atoms with E-state index < -0.39 is 0 Å². The van der Waals surface area contributed by atoms with Crippen molar-refractivity contribution < 1.29 is 4.39 Å². The van der Waals surface area contributed by atoms with Gasteiger partial charge in [-0.1, -0.05) is 42.1 Å². The van der Waals surface area contributed by atoms with Crippen LogP contribution < -0.4 is 4.90 Å². The van der Waals surface area contributed by atoms with Crippen LogP contribution in [0.5, 0.6) is 0 Å². The molecule has 0 aliphatic rings. The molecule has 0 unspecified atom stereocenters. The molecular weight excluding hydrogens is 419 g/mol. The molecule has 5 aromatic rings. The number of nitrogens with one attached hydrogen (secondary N) is 1. The standard InChI is InChI=1S/C26H21FN4S/c1-31(22-12-9-17-5-3-4-6-19(17)15-22)23-16-20(13-14-28-23)25-24(29-26(30-25)32-2)18-7-10-21(27)11-8-18/h3-16H,1-2H3,(H,29,30). The minimum atomic E-state index is -0.261. The van der Waals surface area contributed by atoms with Gasteiger partial charge in [-0.2, -0.15) is 0 Å². The SMILES string of the molecule is CSc1nc(-c2ccnc(N(C)c3ccc4ccccc4c3)c2)c(-c2ccc(F)cc2)[nH]1. The summed E-state index contributed by atoms with van der Waals surface area (Å²) in [6.45, 7) is 0. The maximum atomic E-state index is 13.5. The molecule has 0 saturated heterocycles. The molecule has 3 aromatic carbocycles. The van der Waals surface area contributed by atoms with E-state index in [9.17, 15) is 4.39 Å². The van der Waals surface area contributed by atoms with E-state index in [-0.39, 0.29) is 5.82 Å². The van der Waals surface area contributed by atoms with E-state index in [4.69, 9.17) is 4.98 Å². The molecule has 0 bridgehead atoms. The molecule has 6 heteroatoms. The molecule has 0 spiro atoms. The summed E-state index contributed by atoms with van der Waals surface area (Å²) < 4.78 is 13.5. The monoisotopic (exact) mass is 440 g/mol. The molecule has 4 nitrogen and oxygen atoms in total. The maximum absolute atomic E-state index is 13.5. The van der Waals surface area contributed by atoms with Gasteiger partial charge in [-0.15, -0.1) is 0 Å². The van der Waals surface area contributed by atoms with E-state index in [2.05, 4.69) is 45.2 Å². The first-order valence-electron chi connectivity index (χ1n) is 10.2. The van der Waals surface area contributed by atoms with E-state index in [1.807, 2.05) is 37.6 Å². The lowest BCUT2D eigenvalue weighted by Gasteiger charge is -2.19. The summed E-state index contributed by atoms with van der Waals surface area (Å²) in [5.74, 6) is 0.555. The predicted molar refractivity (Wildman–Crippen MR) is 131 cm³/mol. The van der Waals surface area contributed by atoms with Gasteiger partial charge in [0.15, 0.2) is 5.16 Å². The largest absolute Gasteiger partial charge is 0.332 e.